The zero-order valence-electron chi connectivity index (χ0n) is 5.24. The van der Waals surface area contributed by atoms with Crippen LogP contribution in [0.4, 0.5) is 0 Å². The first-order valence-electron chi connectivity index (χ1n) is 2.29. The van der Waals surface area contributed by atoms with Crippen LogP contribution in [0.2, 0.25) is 0 Å². The molecule has 0 radical (unpaired) electrons. The molecule has 0 aliphatic heterocycles. The predicted molar refractivity (Wildman–Crippen MR) is 32.6 cm³/mol. The lowest BCUT2D eigenvalue weighted by Gasteiger charge is -1.99. The van der Waals surface area contributed by atoms with E-state index in [-0.39, 0.29) is 0 Å². The fourth-order valence-electron chi connectivity index (χ4n) is 0.174. The van der Waals surface area contributed by atoms with Crippen LogP contribution in [0.3, 0.4) is 0 Å². The molecule has 0 bridgehead atoms. The second-order valence-corrected chi connectivity index (χ2v) is 2.98. The van der Waals surface area contributed by atoms with Crippen molar-refractivity contribution in [1.29, 1.82) is 0 Å². The van der Waals surface area contributed by atoms with E-state index >= 15 is 0 Å². The van der Waals surface area contributed by atoms with Crippen LogP contribution in [0, 0.1) is 0 Å². The summed E-state index contributed by atoms with van der Waals surface area (Å²) >= 11 is 0. The highest BCUT2D eigenvalue weighted by Gasteiger charge is 2.11. The maximum absolute atomic E-state index is 9.96. The molecule has 0 spiro atoms. The van der Waals surface area contributed by atoms with Crippen molar-refractivity contribution in [2.45, 2.75) is 13.8 Å². The second-order valence-electron chi connectivity index (χ2n) is 1.79. The molecule has 5 heteroatoms. The lowest BCUT2D eigenvalue weighted by molar-refractivity contribution is 0.257. The molecule has 0 aliphatic carbocycles. The summed E-state index contributed by atoms with van der Waals surface area (Å²) in [7, 11) is -4.30. The van der Waals surface area contributed by atoms with Gasteiger partial charge in [-0.15, -0.1) is 0 Å². The highest BCUT2D eigenvalue weighted by atomic mass is 31.2. The van der Waals surface area contributed by atoms with Gasteiger partial charge in [0.15, 0.2) is 0 Å². The van der Waals surface area contributed by atoms with E-state index in [2.05, 4.69) is 4.52 Å². The van der Waals surface area contributed by atoms with Gasteiger partial charge >= 0.3 is 7.82 Å². The van der Waals surface area contributed by atoms with Crippen LogP contribution < -0.4 is 0 Å². The summed E-state index contributed by atoms with van der Waals surface area (Å²) in [6.07, 6.45) is 1.03. The minimum absolute atomic E-state index is 0.707. The maximum Gasteiger partial charge on any atom is 0.524 e. The molecular formula is C4H9O4P. The molecule has 0 saturated carbocycles. The normalized spacial score (nSPS) is 10.7. The molecule has 0 aromatic rings. The van der Waals surface area contributed by atoms with E-state index < -0.39 is 7.82 Å². The number of hydrogen-bond donors (Lipinski definition) is 2. The maximum atomic E-state index is 9.96. The molecule has 2 N–H and O–H groups in total. The lowest BCUT2D eigenvalue weighted by atomic mass is 10.4. The summed E-state index contributed by atoms with van der Waals surface area (Å²) in [4.78, 5) is 16.2. The van der Waals surface area contributed by atoms with Crippen LogP contribution in [0.25, 0.3) is 0 Å². The Morgan fingerprint density at radius 3 is 2.11 bits per heavy atom. The third kappa shape index (κ3) is 7.69. The van der Waals surface area contributed by atoms with Gasteiger partial charge in [-0.3, -0.25) is 9.79 Å². The van der Waals surface area contributed by atoms with Crippen LogP contribution in [-0.4, -0.2) is 9.79 Å². The third-order valence-electron chi connectivity index (χ3n) is 0.426. The van der Waals surface area contributed by atoms with Crippen molar-refractivity contribution in [2.75, 3.05) is 0 Å². The first-order chi connectivity index (χ1) is 3.92. The van der Waals surface area contributed by atoms with E-state index in [4.69, 9.17) is 9.79 Å². The molecule has 4 nitrogen and oxygen atoms in total. The van der Waals surface area contributed by atoms with Gasteiger partial charge < -0.3 is 4.52 Å². The number of hydrogen-bond acceptors (Lipinski definition) is 2. The molecule has 0 aliphatic rings. The standard InChI is InChI=1S/C4H9O4P/c1-4(2)3-8-9(5,6)7/h3H,1-2H3,(H2,5,6,7). The van der Waals surface area contributed by atoms with Gasteiger partial charge in [0.05, 0.1) is 6.26 Å². The quantitative estimate of drug-likeness (QED) is 0.458. The first-order valence-corrected chi connectivity index (χ1v) is 3.82. The van der Waals surface area contributed by atoms with Gasteiger partial charge in [-0.05, 0) is 19.4 Å². The number of phosphoric ester groups is 1. The van der Waals surface area contributed by atoms with Crippen LogP contribution >= 0.6 is 7.82 Å². The van der Waals surface area contributed by atoms with E-state index in [1.807, 2.05) is 0 Å². The third-order valence-corrected chi connectivity index (χ3v) is 0.806. The minimum Gasteiger partial charge on any atom is -0.412 e. The number of allylic oxidation sites excluding steroid dienone is 1. The Hall–Kier alpha value is -0.310. The fraction of sp³-hybridized carbons (Fsp3) is 0.500. The van der Waals surface area contributed by atoms with Gasteiger partial charge in [-0.1, -0.05) is 0 Å². The van der Waals surface area contributed by atoms with E-state index in [0.29, 0.717) is 5.57 Å². The minimum atomic E-state index is -4.30. The molecule has 0 fully saturated rings. The SMILES string of the molecule is CC(C)=COP(=O)(O)O. The average molecular weight is 152 g/mol. The highest BCUT2D eigenvalue weighted by molar-refractivity contribution is 7.46. The summed E-state index contributed by atoms with van der Waals surface area (Å²) in [6.45, 7) is 3.35. The van der Waals surface area contributed by atoms with Crippen LogP contribution in [0.1, 0.15) is 13.8 Å². The van der Waals surface area contributed by atoms with Crippen molar-refractivity contribution in [1.82, 2.24) is 0 Å². The van der Waals surface area contributed by atoms with E-state index in [0.717, 1.165) is 6.26 Å². The van der Waals surface area contributed by atoms with Crippen molar-refractivity contribution in [3.05, 3.63) is 11.8 Å². The molecule has 0 amide bonds. The Kier molecular flexibility index (Phi) is 2.91. The zero-order chi connectivity index (χ0) is 7.49. The van der Waals surface area contributed by atoms with Gasteiger partial charge in [0.25, 0.3) is 0 Å². The topological polar surface area (TPSA) is 66.8 Å². The van der Waals surface area contributed by atoms with Crippen molar-refractivity contribution >= 4 is 7.82 Å². The lowest BCUT2D eigenvalue weighted by Crippen LogP contribution is -1.78. The van der Waals surface area contributed by atoms with Crippen molar-refractivity contribution in [3.63, 3.8) is 0 Å². The molecule has 0 saturated heterocycles. The van der Waals surface area contributed by atoms with E-state index in [9.17, 15) is 4.57 Å². The molecule has 0 rings (SSSR count). The zero-order valence-corrected chi connectivity index (χ0v) is 6.13. The van der Waals surface area contributed by atoms with E-state index in [1.165, 1.54) is 0 Å². The highest BCUT2D eigenvalue weighted by Crippen LogP contribution is 2.36. The smallest absolute Gasteiger partial charge is 0.412 e. The Morgan fingerprint density at radius 1 is 1.56 bits per heavy atom. The van der Waals surface area contributed by atoms with Gasteiger partial charge in [0.2, 0.25) is 0 Å². The molecule has 0 aromatic heterocycles. The molecule has 0 unspecified atom stereocenters. The van der Waals surface area contributed by atoms with Gasteiger partial charge in [0, 0.05) is 0 Å². The Morgan fingerprint density at radius 2 is 2.00 bits per heavy atom. The molecule has 0 aromatic carbocycles. The van der Waals surface area contributed by atoms with E-state index in [1.54, 1.807) is 13.8 Å². The first kappa shape index (κ1) is 8.69. The second kappa shape index (κ2) is 3.01. The van der Waals surface area contributed by atoms with Crippen LogP contribution in [-0.2, 0) is 9.09 Å². The summed E-state index contributed by atoms with van der Waals surface area (Å²) in [6, 6.07) is 0. The van der Waals surface area contributed by atoms with Gasteiger partial charge in [0.1, 0.15) is 0 Å². The molecule has 54 valence electrons. The molecular weight excluding hydrogens is 143 g/mol. The molecule has 9 heavy (non-hydrogen) atoms. The monoisotopic (exact) mass is 152 g/mol. The predicted octanol–water partition coefficient (Wildman–Crippen LogP) is 1.02. The summed E-state index contributed by atoms with van der Waals surface area (Å²) < 4.78 is 14.0. The Bertz CT molecular complexity index is 152. The average Bonchev–Trinajstić information content (AvgIpc) is 1.59. The van der Waals surface area contributed by atoms with Crippen LogP contribution in [0.5, 0.6) is 0 Å². The van der Waals surface area contributed by atoms with Gasteiger partial charge in [-0.25, -0.2) is 4.57 Å². The Balaban J connectivity index is 3.79. The summed E-state index contributed by atoms with van der Waals surface area (Å²) in [5, 5.41) is 0. The summed E-state index contributed by atoms with van der Waals surface area (Å²) in [5.74, 6) is 0. The molecule has 0 atom stereocenters. The van der Waals surface area contributed by atoms with Crippen molar-refractivity contribution in [3.8, 4) is 0 Å². The van der Waals surface area contributed by atoms with Crippen molar-refractivity contribution < 1.29 is 18.9 Å². The van der Waals surface area contributed by atoms with Crippen molar-refractivity contribution in [2.24, 2.45) is 0 Å². The molecule has 0 heterocycles. The summed E-state index contributed by atoms with van der Waals surface area (Å²) in [5.41, 5.74) is 0.707. The Labute approximate surface area is 53.4 Å². The number of rotatable bonds is 2. The largest absolute Gasteiger partial charge is 0.524 e. The fourth-order valence-corrected chi connectivity index (χ4v) is 0.522. The van der Waals surface area contributed by atoms with Gasteiger partial charge in [-0.2, -0.15) is 0 Å². The number of phosphoric acid groups is 1. The van der Waals surface area contributed by atoms with Crippen LogP contribution in [0.15, 0.2) is 11.8 Å².